The molecular weight excluding hydrogens is 428 g/mol. The first-order valence-electron chi connectivity index (χ1n) is 10.8. The Bertz CT molecular complexity index is 1200. The maximum absolute atomic E-state index is 9.92. The molecule has 0 aliphatic heterocycles. The average Bonchev–Trinajstić information content (AvgIpc) is 2.87. The lowest BCUT2D eigenvalue weighted by molar-refractivity contribution is 0.218. The van der Waals surface area contributed by atoms with E-state index in [1.807, 2.05) is 60.7 Å². The third kappa shape index (κ3) is 6.01. The second-order valence-electron chi connectivity index (χ2n) is 7.27. The fraction of sp³-hybridized carbons (Fsp3) is 0.0714. The van der Waals surface area contributed by atoms with Crippen molar-refractivity contribution in [2.24, 2.45) is 9.98 Å². The maximum Gasteiger partial charge on any atom is 0.145 e. The minimum absolute atomic E-state index is 0.168. The predicted molar refractivity (Wildman–Crippen MR) is 135 cm³/mol. The Kier molecular flexibility index (Phi) is 7.54. The van der Waals surface area contributed by atoms with E-state index in [0.717, 1.165) is 0 Å². The van der Waals surface area contributed by atoms with Gasteiger partial charge in [-0.1, -0.05) is 48.5 Å². The molecular formula is C28H24N2O4. The van der Waals surface area contributed by atoms with Crippen LogP contribution in [0, 0.1) is 0 Å². The lowest BCUT2D eigenvalue weighted by Crippen LogP contribution is -2.09. The lowest BCUT2D eigenvalue weighted by Gasteiger charge is -2.11. The van der Waals surface area contributed by atoms with Crippen LogP contribution in [-0.4, -0.2) is 35.9 Å². The number of aromatic hydroxyl groups is 2. The second kappa shape index (κ2) is 11.3. The minimum atomic E-state index is 0.168. The van der Waals surface area contributed by atoms with Crippen LogP contribution >= 0.6 is 0 Å². The van der Waals surface area contributed by atoms with Crippen LogP contribution in [-0.2, 0) is 0 Å². The molecule has 0 saturated heterocycles. The maximum atomic E-state index is 9.92. The molecule has 0 aromatic heterocycles. The molecule has 0 aliphatic carbocycles. The van der Waals surface area contributed by atoms with Gasteiger partial charge in [0.1, 0.15) is 47.6 Å². The quantitative estimate of drug-likeness (QED) is 0.239. The van der Waals surface area contributed by atoms with Gasteiger partial charge in [-0.2, -0.15) is 0 Å². The van der Waals surface area contributed by atoms with Crippen LogP contribution in [0.15, 0.2) is 107 Å². The third-order valence-electron chi connectivity index (χ3n) is 4.89. The fourth-order valence-corrected chi connectivity index (χ4v) is 3.15. The van der Waals surface area contributed by atoms with Crippen molar-refractivity contribution >= 4 is 23.8 Å². The highest BCUT2D eigenvalue weighted by atomic mass is 16.5. The molecule has 170 valence electrons. The number of aliphatic imine (C=N–C) groups is 2. The molecule has 0 fully saturated rings. The molecule has 2 N–H and O–H groups in total. The Morgan fingerprint density at radius 3 is 1.35 bits per heavy atom. The highest BCUT2D eigenvalue weighted by Crippen LogP contribution is 2.29. The molecule has 0 saturated carbocycles. The summed E-state index contributed by atoms with van der Waals surface area (Å²) >= 11 is 0. The normalized spacial score (nSPS) is 11.2. The molecule has 4 aromatic carbocycles. The van der Waals surface area contributed by atoms with E-state index in [1.54, 1.807) is 48.8 Å². The zero-order chi connectivity index (χ0) is 23.6. The van der Waals surface area contributed by atoms with E-state index in [2.05, 4.69) is 9.98 Å². The van der Waals surface area contributed by atoms with E-state index >= 15 is 0 Å². The van der Waals surface area contributed by atoms with Gasteiger partial charge in [0.2, 0.25) is 0 Å². The van der Waals surface area contributed by atoms with Gasteiger partial charge >= 0.3 is 0 Å². The van der Waals surface area contributed by atoms with Gasteiger partial charge in [0.05, 0.1) is 0 Å². The van der Waals surface area contributed by atoms with Crippen molar-refractivity contribution in [2.45, 2.75) is 0 Å². The number of benzene rings is 4. The van der Waals surface area contributed by atoms with Gasteiger partial charge in [-0.15, -0.1) is 0 Å². The number of phenolic OH excluding ortho intramolecular Hbond substituents is 2. The third-order valence-corrected chi connectivity index (χ3v) is 4.89. The van der Waals surface area contributed by atoms with Crippen LogP contribution in [0.1, 0.15) is 11.1 Å². The van der Waals surface area contributed by atoms with E-state index in [-0.39, 0.29) is 11.5 Å². The van der Waals surface area contributed by atoms with Crippen LogP contribution in [0.4, 0.5) is 11.4 Å². The molecule has 0 spiro atoms. The smallest absolute Gasteiger partial charge is 0.145 e. The molecule has 0 atom stereocenters. The van der Waals surface area contributed by atoms with E-state index in [4.69, 9.17) is 9.47 Å². The Labute approximate surface area is 198 Å². The summed E-state index contributed by atoms with van der Waals surface area (Å²) < 4.78 is 11.8. The highest BCUT2D eigenvalue weighted by Gasteiger charge is 2.05. The summed E-state index contributed by atoms with van der Waals surface area (Å²) in [5, 5.41) is 19.8. The number of rotatable bonds is 9. The van der Waals surface area contributed by atoms with E-state index in [9.17, 15) is 10.2 Å². The van der Waals surface area contributed by atoms with Crippen molar-refractivity contribution in [3.05, 3.63) is 108 Å². The van der Waals surface area contributed by atoms with Gasteiger partial charge in [0.25, 0.3) is 0 Å². The first-order valence-corrected chi connectivity index (χ1v) is 10.8. The fourth-order valence-electron chi connectivity index (χ4n) is 3.15. The van der Waals surface area contributed by atoms with Crippen LogP contribution in [0.5, 0.6) is 23.0 Å². The molecule has 0 radical (unpaired) electrons. The molecule has 0 unspecified atom stereocenters. The van der Waals surface area contributed by atoms with E-state index < -0.39 is 0 Å². The zero-order valence-electron chi connectivity index (χ0n) is 18.4. The summed E-state index contributed by atoms with van der Waals surface area (Å²) in [5.74, 6) is 1.57. The molecule has 0 amide bonds. The summed E-state index contributed by atoms with van der Waals surface area (Å²) in [6, 6.07) is 28.9. The van der Waals surface area contributed by atoms with Crippen molar-refractivity contribution in [2.75, 3.05) is 13.2 Å². The van der Waals surface area contributed by atoms with Gasteiger partial charge in [-0.3, -0.25) is 9.98 Å². The summed E-state index contributed by atoms with van der Waals surface area (Å²) in [7, 11) is 0. The van der Waals surface area contributed by atoms with Crippen molar-refractivity contribution in [3.63, 3.8) is 0 Å². The van der Waals surface area contributed by atoms with Crippen molar-refractivity contribution in [1.82, 2.24) is 0 Å². The molecule has 6 heteroatoms. The Morgan fingerprint density at radius 1 is 0.529 bits per heavy atom. The zero-order valence-corrected chi connectivity index (χ0v) is 18.4. The molecule has 34 heavy (non-hydrogen) atoms. The molecule has 4 rings (SSSR count). The molecule has 4 aromatic rings. The van der Waals surface area contributed by atoms with Crippen LogP contribution in [0.25, 0.3) is 0 Å². The highest BCUT2D eigenvalue weighted by molar-refractivity contribution is 5.86. The average molecular weight is 453 g/mol. The van der Waals surface area contributed by atoms with Gasteiger partial charge in [-0.05, 0) is 48.5 Å². The van der Waals surface area contributed by atoms with Crippen molar-refractivity contribution in [3.8, 4) is 23.0 Å². The van der Waals surface area contributed by atoms with Crippen LogP contribution in [0.2, 0.25) is 0 Å². The van der Waals surface area contributed by atoms with Crippen LogP contribution < -0.4 is 9.47 Å². The Balaban J connectivity index is 1.37. The van der Waals surface area contributed by atoms with E-state index in [1.165, 1.54) is 0 Å². The second-order valence-corrected chi connectivity index (χ2v) is 7.27. The number of nitrogens with zero attached hydrogens (tertiary/aromatic N) is 2. The SMILES string of the molecule is Oc1ccccc1C=Nc1ccccc1OCCOc1ccccc1N=Cc1ccccc1O. The molecule has 0 heterocycles. The summed E-state index contributed by atoms with van der Waals surface area (Å²) in [6.45, 7) is 0.612. The topological polar surface area (TPSA) is 83.6 Å². The Hall–Kier alpha value is -4.58. The summed E-state index contributed by atoms with van der Waals surface area (Å²) in [6.07, 6.45) is 3.21. The minimum Gasteiger partial charge on any atom is -0.507 e. The summed E-state index contributed by atoms with van der Waals surface area (Å²) in [5.41, 5.74) is 2.56. The van der Waals surface area contributed by atoms with Gasteiger partial charge in [0.15, 0.2) is 0 Å². The largest absolute Gasteiger partial charge is 0.507 e. The molecule has 0 bridgehead atoms. The van der Waals surface area contributed by atoms with Gasteiger partial charge in [-0.25, -0.2) is 0 Å². The first kappa shape index (κ1) is 22.6. The van der Waals surface area contributed by atoms with Crippen LogP contribution in [0.3, 0.4) is 0 Å². The Morgan fingerprint density at radius 2 is 0.912 bits per heavy atom. The number of hydrogen-bond donors (Lipinski definition) is 2. The number of para-hydroxylation sites is 6. The van der Waals surface area contributed by atoms with Gasteiger partial charge in [0, 0.05) is 23.6 Å². The lowest BCUT2D eigenvalue weighted by atomic mass is 10.2. The number of ether oxygens (including phenoxy) is 2. The number of phenols is 2. The monoisotopic (exact) mass is 452 g/mol. The van der Waals surface area contributed by atoms with Crippen molar-refractivity contribution < 1.29 is 19.7 Å². The molecule has 0 aliphatic rings. The first-order chi connectivity index (χ1) is 16.7. The number of hydrogen-bond acceptors (Lipinski definition) is 6. The van der Waals surface area contributed by atoms with Gasteiger partial charge < -0.3 is 19.7 Å². The standard InChI is InChI=1S/C28H24N2O4/c31-25-13-5-1-9-21(25)19-29-23-11-3-7-15-27(23)33-17-18-34-28-16-8-4-12-24(28)30-20-22-10-2-6-14-26(22)32/h1-16,19-20,31-32H,17-18H2. The summed E-state index contributed by atoms with van der Waals surface area (Å²) in [4.78, 5) is 8.92. The predicted octanol–water partition coefficient (Wildman–Crippen LogP) is 6.06. The van der Waals surface area contributed by atoms with Crippen molar-refractivity contribution in [1.29, 1.82) is 0 Å². The van der Waals surface area contributed by atoms with E-state index in [0.29, 0.717) is 47.2 Å². The molecule has 6 nitrogen and oxygen atoms in total.